The predicted octanol–water partition coefficient (Wildman–Crippen LogP) is 5.77. The molecule has 0 aliphatic carbocycles. The molecule has 16 nitrogen and oxygen atoms in total. The van der Waals surface area contributed by atoms with Crippen molar-refractivity contribution in [3.8, 4) is 6.07 Å². The van der Waals surface area contributed by atoms with Crippen LogP contribution in [0.5, 0.6) is 0 Å². The number of hydrogen-bond donors (Lipinski definition) is 4. The van der Waals surface area contributed by atoms with Gasteiger partial charge in [0.05, 0.1) is 27.6 Å². The van der Waals surface area contributed by atoms with E-state index in [4.69, 9.17) is 4.55 Å². The Labute approximate surface area is 266 Å². The van der Waals surface area contributed by atoms with Crippen LogP contribution in [0.3, 0.4) is 0 Å². The van der Waals surface area contributed by atoms with Crippen molar-refractivity contribution in [3.05, 3.63) is 65.6 Å². The number of sulfone groups is 1. The Kier molecular flexibility index (Phi) is 11.8. The summed E-state index contributed by atoms with van der Waals surface area (Å²) in [5, 5.41) is 32.6. The average Bonchev–Trinajstić information content (AvgIpc) is 2.99. The highest BCUT2D eigenvalue weighted by molar-refractivity contribution is 7.94. The van der Waals surface area contributed by atoms with Gasteiger partial charge in [0, 0.05) is 24.1 Å². The van der Waals surface area contributed by atoms with Crippen molar-refractivity contribution in [1.82, 2.24) is 4.98 Å². The second kappa shape index (κ2) is 15.1. The number of nitriles is 1. The molecule has 244 valence electrons. The lowest BCUT2D eigenvalue weighted by molar-refractivity contribution is 0.481. The molecule has 0 bridgehead atoms. The van der Waals surface area contributed by atoms with Gasteiger partial charge in [0.15, 0.2) is 15.7 Å². The molecule has 0 radical (unpaired) electrons. The van der Waals surface area contributed by atoms with Gasteiger partial charge in [0.2, 0.25) is 0 Å². The molecule has 0 aliphatic rings. The Morgan fingerprint density at radius 3 is 2.11 bits per heavy atom. The number of anilines is 2. The molecule has 2 aromatic carbocycles. The minimum atomic E-state index is -4.87. The zero-order valence-electron chi connectivity index (χ0n) is 24.6. The fourth-order valence-electron chi connectivity index (χ4n) is 3.74. The van der Waals surface area contributed by atoms with E-state index in [1.54, 1.807) is 6.92 Å². The predicted molar refractivity (Wildman–Crippen MR) is 170 cm³/mol. The maximum absolute atomic E-state index is 12.3. The SMILES string of the molecule is C=CS(=O)(=O)CCNc1nc(NCCCC)c(C#N)c(C)c1N=Nc1ccc(N=Nc2ccc(S(=O)(=O)O)cc2)cc1S(=O)(=O)O. The van der Waals surface area contributed by atoms with Gasteiger partial charge in [-0.05, 0) is 55.8 Å². The third kappa shape index (κ3) is 9.69. The van der Waals surface area contributed by atoms with Gasteiger partial charge in [0.25, 0.3) is 20.2 Å². The highest BCUT2D eigenvalue weighted by Gasteiger charge is 2.20. The van der Waals surface area contributed by atoms with Crippen LogP contribution in [0.4, 0.5) is 34.4 Å². The number of unbranched alkanes of at least 4 members (excludes halogenated alkanes) is 1. The Bertz CT molecular complexity index is 2040. The normalized spacial score (nSPS) is 12.3. The van der Waals surface area contributed by atoms with Gasteiger partial charge in [-0.25, -0.2) is 13.4 Å². The van der Waals surface area contributed by atoms with Gasteiger partial charge in [-0.3, -0.25) is 9.11 Å². The van der Waals surface area contributed by atoms with Gasteiger partial charge in [-0.1, -0.05) is 19.9 Å². The van der Waals surface area contributed by atoms with Crippen LogP contribution in [0.15, 0.2) is 84.7 Å². The smallest absolute Gasteiger partial charge is 0.296 e. The number of hydrogen-bond acceptors (Lipinski definition) is 14. The first-order chi connectivity index (χ1) is 21.6. The minimum absolute atomic E-state index is 0.0204. The fourth-order valence-corrected chi connectivity index (χ4v) is 5.42. The Morgan fingerprint density at radius 2 is 1.52 bits per heavy atom. The van der Waals surface area contributed by atoms with E-state index in [2.05, 4.69) is 48.7 Å². The van der Waals surface area contributed by atoms with E-state index >= 15 is 0 Å². The summed E-state index contributed by atoms with van der Waals surface area (Å²) >= 11 is 0. The molecule has 0 saturated heterocycles. The van der Waals surface area contributed by atoms with Crippen molar-refractivity contribution in [2.45, 2.75) is 36.5 Å². The molecule has 0 amide bonds. The summed E-state index contributed by atoms with van der Waals surface area (Å²) in [6.07, 6.45) is 1.67. The lowest BCUT2D eigenvalue weighted by Crippen LogP contribution is -2.15. The molecular weight excluding hydrogens is 661 g/mol. The van der Waals surface area contributed by atoms with E-state index < -0.39 is 35.0 Å². The van der Waals surface area contributed by atoms with Gasteiger partial charge in [-0.15, -0.1) is 10.2 Å². The second-order valence-electron chi connectivity index (χ2n) is 9.51. The van der Waals surface area contributed by atoms with E-state index in [-0.39, 0.29) is 57.1 Å². The summed E-state index contributed by atoms with van der Waals surface area (Å²) < 4.78 is 89.8. The van der Waals surface area contributed by atoms with Crippen LogP contribution in [-0.4, -0.2) is 58.2 Å². The van der Waals surface area contributed by atoms with Crippen molar-refractivity contribution in [2.75, 3.05) is 29.5 Å². The van der Waals surface area contributed by atoms with Gasteiger partial charge in [0.1, 0.15) is 28.2 Å². The number of nitrogens with one attached hydrogen (secondary N) is 2. The van der Waals surface area contributed by atoms with Crippen LogP contribution in [0.25, 0.3) is 0 Å². The Hall–Kier alpha value is -4.61. The topological polar surface area (TPSA) is 253 Å². The molecule has 0 spiro atoms. The first kappa shape index (κ1) is 35.9. The average molecular weight is 691 g/mol. The molecule has 4 N–H and O–H groups in total. The summed E-state index contributed by atoms with van der Waals surface area (Å²) in [4.78, 5) is 3.40. The summed E-state index contributed by atoms with van der Waals surface area (Å²) in [5.74, 6) is -0.0141. The van der Waals surface area contributed by atoms with E-state index in [9.17, 15) is 35.1 Å². The molecule has 3 aromatic rings. The molecule has 46 heavy (non-hydrogen) atoms. The van der Waals surface area contributed by atoms with Gasteiger partial charge < -0.3 is 10.6 Å². The number of benzene rings is 2. The standard InChI is InChI=1S/C27H30N8O8S3/c1-4-6-13-29-26-22(17-28)18(3)25(27(31-26)30-14-15-44(36,37)5-2)35-34-23-12-9-20(16-24(23)46(41,42)43)33-32-19-7-10-21(11-8-19)45(38,39)40/h5,7-12,16H,2,4,6,13-15H2,1,3H3,(H2,29,30,31)(H,38,39,40)(H,41,42,43). The lowest BCUT2D eigenvalue weighted by Gasteiger charge is -2.15. The van der Waals surface area contributed by atoms with Crippen molar-refractivity contribution in [1.29, 1.82) is 5.26 Å². The summed E-state index contributed by atoms with van der Waals surface area (Å²) in [5.41, 5.74) is 0.324. The monoisotopic (exact) mass is 690 g/mol. The zero-order chi connectivity index (χ0) is 34.1. The molecule has 1 heterocycles. The summed E-state index contributed by atoms with van der Waals surface area (Å²) in [6, 6.07) is 10.3. The lowest BCUT2D eigenvalue weighted by atomic mass is 10.1. The number of pyridine rings is 1. The first-order valence-electron chi connectivity index (χ1n) is 13.4. The molecule has 0 fully saturated rings. The molecule has 0 unspecified atom stereocenters. The molecular formula is C27H30N8O8S3. The molecule has 1 aromatic heterocycles. The van der Waals surface area contributed by atoms with Crippen LogP contribution in [0.1, 0.15) is 30.9 Å². The maximum Gasteiger partial charge on any atom is 0.296 e. The van der Waals surface area contributed by atoms with E-state index in [1.807, 2.05) is 6.92 Å². The van der Waals surface area contributed by atoms with Crippen LogP contribution in [-0.2, 0) is 30.1 Å². The number of rotatable bonds is 15. The Morgan fingerprint density at radius 1 is 0.891 bits per heavy atom. The number of azo groups is 2. The van der Waals surface area contributed by atoms with E-state index in [0.29, 0.717) is 12.1 Å². The van der Waals surface area contributed by atoms with Crippen LogP contribution >= 0.6 is 0 Å². The van der Waals surface area contributed by atoms with Gasteiger partial charge in [-0.2, -0.15) is 32.3 Å². The Balaban J connectivity index is 2.03. The third-order valence-electron chi connectivity index (χ3n) is 6.18. The zero-order valence-corrected chi connectivity index (χ0v) is 27.1. The third-order valence-corrected chi connectivity index (χ3v) is 9.21. The number of nitrogens with zero attached hydrogens (tertiary/aromatic N) is 6. The highest BCUT2D eigenvalue weighted by atomic mass is 32.2. The van der Waals surface area contributed by atoms with Gasteiger partial charge >= 0.3 is 0 Å². The quantitative estimate of drug-likeness (QED) is 0.0842. The van der Waals surface area contributed by atoms with Crippen LogP contribution < -0.4 is 10.6 Å². The number of aromatic nitrogens is 1. The maximum atomic E-state index is 12.3. The van der Waals surface area contributed by atoms with Crippen LogP contribution in [0, 0.1) is 18.3 Å². The molecule has 0 saturated carbocycles. The van der Waals surface area contributed by atoms with Crippen molar-refractivity contribution >= 4 is 64.5 Å². The molecule has 0 aliphatic heterocycles. The summed E-state index contributed by atoms with van der Waals surface area (Å²) in [6.45, 7) is 7.26. The fraction of sp³-hybridized carbons (Fsp3) is 0.259. The van der Waals surface area contributed by atoms with E-state index in [0.717, 1.165) is 36.4 Å². The van der Waals surface area contributed by atoms with Crippen LogP contribution in [0.2, 0.25) is 0 Å². The molecule has 19 heteroatoms. The molecule has 3 rings (SSSR count). The van der Waals surface area contributed by atoms with Crippen molar-refractivity contribution in [3.63, 3.8) is 0 Å². The summed E-state index contributed by atoms with van der Waals surface area (Å²) in [7, 11) is -12.8. The molecule has 0 atom stereocenters. The van der Waals surface area contributed by atoms with Crippen molar-refractivity contribution < 1.29 is 34.4 Å². The highest BCUT2D eigenvalue weighted by Crippen LogP contribution is 2.37. The van der Waals surface area contributed by atoms with E-state index in [1.165, 1.54) is 24.3 Å². The van der Waals surface area contributed by atoms with Crippen molar-refractivity contribution in [2.24, 2.45) is 20.5 Å². The second-order valence-corrected chi connectivity index (χ2v) is 14.4. The largest absolute Gasteiger partial charge is 0.369 e. The minimum Gasteiger partial charge on any atom is -0.369 e. The first-order valence-corrected chi connectivity index (χ1v) is 18.0.